The molecule has 2 aromatic rings. The van der Waals surface area contributed by atoms with Gasteiger partial charge in [-0.15, -0.1) is 0 Å². The maximum absolute atomic E-state index is 12.0. The average Bonchev–Trinajstić information content (AvgIpc) is 3.02. The molecule has 1 saturated heterocycles. The Bertz CT molecular complexity index is 670. The van der Waals surface area contributed by atoms with E-state index >= 15 is 0 Å². The standard InChI is InChI=1S/C16H20N4O/c1-18-16(21)14-7-4-8-20(14)15-12(10-17)9-11-5-2-3-6-13(11)19-15/h2-3,5-6,9,14H,4,7-8,10,17H2,1H3,(H,18,21). The lowest BCUT2D eigenvalue weighted by molar-refractivity contribution is -0.121. The summed E-state index contributed by atoms with van der Waals surface area (Å²) in [6.07, 6.45) is 1.86. The Morgan fingerprint density at radius 3 is 3.05 bits per heavy atom. The largest absolute Gasteiger partial charge is 0.357 e. The van der Waals surface area contributed by atoms with Crippen molar-refractivity contribution in [3.05, 3.63) is 35.9 Å². The molecule has 0 saturated carbocycles. The van der Waals surface area contributed by atoms with E-state index in [2.05, 4.69) is 16.3 Å². The SMILES string of the molecule is CNC(=O)C1CCCN1c1nc2ccccc2cc1CN. The summed E-state index contributed by atoms with van der Waals surface area (Å²) in [4.78, 5) is 18.9. The molecule has 1 aromatic heterocycles. The van der Waals surface area contributed by atoms with Gasteiger partial charge in [-0.05, 0) is 25.0 Å². The summed E-state index contributed by atoms with van der Waals surface area (Å²) < 4.78 is 0. The summed E-state index contributed by atoms with van der Waals surface area (Å²) in [7, 11) is 1.68. The number of nitrogens with two attached hydrogens (primary N) is 1. The first kappa shape index (κ1) is 13.8. The molecule has 1 fully saturated rings. The Labute approximate surface area is 124 Å². The summed E-state index contributed by atoms with van der Waals surface area (Å²) in [5.74, 6) is 0.896. The van der Waals surface area contributed by atoms with Gasteiger partial charge < -0.3 is 16.0 Å². The van der Waals surface area contributed by atoms with E-state index in [9.17, 15) is 4.79 Å². The van der Waals surface area contributed by atoms with Crippen LogP contribution in [-0.2, 0) is 11.3 Å². The second kappa shape index (κ2) is 5.69. The van der Waals surface area contributed by atoms with Crippen molar-refractivity contribution >= 4 is 22.6 Å². The maximum Gasteiger partial charge on any atom is 0.242 e. The second-order valence-electron chi connectivity index (χ2n) is 5.33. The highest BCUT2D eigenvalue weighted by atomic mass is 16.2. The van der Waals surface area contributed by atoms with Crippen LogP contribution in [0.5, 0.6) is 0 Å². The molecule has 1 atom stereocenters. The second-order valence-corrected chi connectivity index (χ2v) is 5.33. The smallest absolute Gasteiger partial charge is 0.242 e. The minimum Gasteiger partial charge on any atom is -0.357 e. The quantitative estimate of drug-likeness (QED) is 0.894. The van der Waals surface area contributed by atoms with E-state index in [1.165, 1.54) is 0 Å². The Balaban J connectivity index is 2.07. The summed E-state index contributed by atoms with van der Waals surface area (Å²) in [6, 6.07) is 9.93. The van der Waals surface area contributed by atoms with Gasteiger partial charge in [0.15, 0.2) is 0 Å². The average molecular weight is 284 g/mol. The molecule has 3 rings (SSSR count). The van der Waals surface area contributed by atoms with E-state index in [-0.39, 0.29) is 11.9 Å². The van der Waals surface area contributed by atoms with Crippen molar-refractivity contribution in [2.24, 2.45) is 5.73 Å². The number of carbonyl (C=O) groups is 1. The third-order valence-corrected chi connectivity index (χ3v) is 4.07. The first-order chi connectivity index (χ1) is 10.2. The normalized spacial score (nSPS) is 18.2. The molecule has 5 heteroatoms. The van der Waals surface area contributed by atoms with Crippen molar-refractivity contribution in [1.29, 1.82) is 0 Å². The number of aromatic nitrogens is 1. The summed E-state index contributed by atoms with van der Waals surface area (Å²) in [5.41, 5.74) is 7.82. The van der Waals surface area contributed by atoms with Crippen molar-refractivity contribution in [2.45, 2.75) is 25.4 Å². The van der Waals surface area contributed by atoms with Gasteiger partial charge in [0.2, 0.25) is 5.91 Å². The predicted octanol–water partition coefficient (Wildman–Crippen LogP) is 1.41. The van der Waals surface area contributed by atoms with Crippen LogP contribution in [0.2, 0.25) is 0 Å². The predicted molar refractivity (Wildman–Crippen MR) is 84.1 cm³/mol. The lowest BCUT2D eigenvalue weighted by Gasteiger charge is -2.26. The summed E-state index contributed by atoms with van der Waals surface area (Å²) >= 11 is 0. The summed E-state index contributed by atoms with van der Waals surface area (Å²) in [6.45, 7) is 1.26. The molecule has 1 aliphatic heterocycles. The monoisotopic (exact) mass is 284 g/mol. The van der Waals surface area contributed by atoms with Gasteiger partial charge >= 0.3 is 0 Å². The molecule has 0 radical (unpaired) electrons. The van der Waals surface area contributed by atoms with Gasteiger partial charge in [0.1, 0.15) is 11.9 Å². The minimum atomic E-state index is -0.144. The van der Waals surface area contributed by atoms with Crippen LogP contribution in [-0.4, -0.2) is 30.5 Å². The van der Waals surface area contributed by atoms with Crippen molar-refractivity contribution in [1.82, 2.24) is 10.3 Å². The molecule has 1 aliphatic rings. The highest BCUT2D eigenvalue weighted by Gasteiger charge is 2.32. The van der Waals surface area contributed by atoms with E-state index in [0.717, 1.165) is 41.7 Å². The molecular formula is C16H20N4O. The molecule has 2 heterocycles. The number of likely N-dealkylation sites (N-methyl/N-ethyl adjacent to an activating group) is 1. The molecule has 110 valence electrons. The number of nitrogens with zero attached hydrogens (tertiary/aromatic N) is 2. The number of fused-ring (bicyclic) bond motifs is 1. The number of hydrogen-bond donors (Lipinski definition) is 2. The number of carbonyl (C=O) groups excluding carboxylic acids is 1. The van der Waals surface area contributed by atoms with Gasteiger partial charge in [-0.3, -0.25) is 4.79 Å². The van der Waals surface area contributed by atoms with Crippen molar-refractivity contribution < 1.29 is 4.79 Å². The van der Waals surface area contributed by atoms with Gasteiger partial charge in [-0.2, -0.15) is 0 Å². The van der Waals surface area contributed by atoms with Crippen LogP contribution in [0.3, 0.4) is 0 Å². The van der Waals surface area contributed by atoms with E-state index in [4.69, 9.17) is 10.7 Å². The number of rotatable bonds is 3. The molecule has 1 unspecified atom stereocenters. The molecule has 3 N–H and O–H groups in total. The third-order valence-electron chi connectivity index (χ3n) is 4.07. The van der Waals surface area contributed by atoms with Crippen molar-refractivity contribution in [2.75, 3.05) is 18.5 Å². The molecule has 1 amide bonds. The topological polar surface area (TPSA) is 71.2 Å². The lowest BCUT2D eigenvalue weighted by Crippen LogP contribution is -2.42. The fourth-order valence-corrected chi connectivity index (χ4v) is 3.01. The van der Waals surface area contributed by atoms with Crippen molar-refractivity contribution in [3.8, 4) is 0 Å². The Kier molecular flexibility index (Phi) is 3.75. The fourth-order valence-electron chi connectivity index (χ4n) is 3.01. The molecule has 0 bridgehead atoms. The van der Waals surface area contributed by atoms with Crippen LogP contribution in [0.25, 0.3) is 10.9 Å². The van der Waals surface area contributed by atoms with Crippen LogP contribution in [0.15, 0.2) is 30.3 Å². The number of benzene rings is 1. The van der Waals surface area contributed by atoms with Gasteiger partial charge in [0.25, 0.3) is 0 Å². The molecular weight excluding hydrogens is 264 g/mol. The Morgan fingerprint density at radius 1 is 1.48 bits per heavy atom. The molecule has 1 aromatic carbocycles. The van der Waals surface area contributed by atoms with Gasteiger partial charge in [0.05, 0.1) is 5.52 Å². The number of para-hydroxylation sites is 1. The number of pyridine rings is 1. The van der Waals surface area contributed by atoms with E-state index < -0.39 is 0 Å². The van der Waals surface area contributed by atoms with E-state index in [1.807, 2.05) is 24.3 Å². The minimum absolute atomic E-state index is 0.0467. The zero-order valence-electron chi connectivity index (χ0n) is 12.2. The van der Waals surface area contributed by atoms with Gasteiger partial charge in [-0.25, -0.2) is 4.98 Å². The maximum atomic E-state index is 12.0. The number of nitrogens with one attached hydrogen (secondary N) is 1. The van der Waals surface area contributed by atoms with E-state index in [1.54, 1.807) is 7.05 Å². The number of anilines is 1. The van der Waals surface area contributed by atoms with Crippen LogP contribution < -0.4 is 16.0 Å². The Hall–Kier alpha value is -2.14. The zero-order chi connectivity index (χ0) is 14.8. The van der Waals surface area contributed by atoms with Gasteiger partial charge in [0, 0.05) is 31.1 Å². The van der Waals surface area contributed by atoms with Crippen LogP contribution in [0.1, 0.15) is 18.4 Å². The number of amides is 1. The molecule has 0 aliphatic carbocycles. The molecule has 5 nitrogen and oxygen atoms in total. The van der Waals surface area contributed by atoms with Crippen LogP contribution in [0.4, 0.5) is 5.82 Å². The highest BCUT2D eigenvalue weighted by Crippen LogP contribution is 2.29. The highest BCUT2D eigenvalue weighted by molar-refractivity contribution is 5.87. The van der Waals surface area contributed by atoms with E-state index in [0.29, 0.717) is 6.54 Å². The molecule has 21 heavy (non-hydrogen) atoms. The van der Waals surface area contributed by atoms with Crippen LogP contribution >= 0.6 is 0 Å². The fraction of sp³-hybridized carbons (Fsp3) is 0.375. The molecule has 0 spiro atoms. The zero-order valence-corrected chi connectivity index (χ0v) is 12.2. The first-order valence-corrected chi connectivity index (χ1v) is 7.31. The Morgan fingerprint density at radius 2 is 2.29 bits per heavy atom. The lowest BCUT2D eigenvalue weighted by atomic mass is 10.1. The van der Waals surface area contributed by atoms with Crippen LogP contribution in [0, 0.1) is 0 Å². The third kappa shape index (κ3) is 2.45. The summed E-state index contributed by atoms with van der Waals surface area (Å²) in [5, 5.41) is 3.82. The first-order valence-electron chi connectivity index (χ1n) is 7.31. The number of hydrogen-bond acceptors (Lipinski definition) is 4. The van der Waals surface area contributed by atoms with Gasteiger partial charge in [-0.1, -0.05) is 18.2 Å². The van der Waals surface area contributed by atoms with Crippen molar-refractivity contribution in [3.63, 3.8) is 0 Å².